The van der Waals surface area contributed by atoms with Gasteiger partial charge in [0.1, 0.15) is 12.3 Å². The topological polar surface area (TPSA) is 125 Å². The molecular weight excluding hydrogens is 368 g/mol. The molecule has 0 saturated heterocycles. The number of carbonyl (C=O) groups is 3. The van der Waals surface area contributed by atoms with Crippen LogP contribution in [-0.4, -0.2) is 42.8 Å². The Hall–Kier alpha value is -3.75. The number of hydrogen-bond donors (Lipinski definition) is 1. The molecule has 0 fully saturated rings. The van der Waals surface area contributed by atoms with Crippen LogP contribution in [0.2, 0.25) is 0 Å². The number of methoxy groups -OCH3 is 1. The zero-order chi connectivity index (χ0) is 20.7. The van der Waals surface area contributed by atoms with Crippen LogP contribution in [0.5, 0.6) is 5.75 Å². The van der Waals surface area contributed by atoms with Gasteiger partial charge in [-0.15, -0.1) is 0 Å². The number of rotatable bonds is 8. The van der Waals surface area contributed by atoms with Crippen LogP contribution in [0.1, 0.15) is 26.3 Å². The predicted molar refractivity (Wildman–Crippen MR) is 98.5 cm³/mol. The second kappa shape index (κ2) is 9.26. The summed E-state index contributed by atoms with van der Waals surface area (Å²) in [6.07, 6.45) is 0. The Labute approximate surface area is 160 Å². The molecule has 146 valence electrons. The minimum absolute atomic E-state index is 0.0624. The largest absolute Gasteiger partial charge is 0.497 e. The number of aryl methyl sites for hydroxylation is 1. The molecule has 0 saturated carbocycles. The van der Waals surface area contributed by atoms with Crippen LogP contribution in [-0.2, 0) is 9.53 Å². The lowest BCUT2D eigenvalue weighted by atomic mass is 10.1. The van der Waals surface area contributed by atoms with Crippen molar-refractivity contribution in [3.05, 3.63) is 69.3 Å². The van der Waals surface area contributed by atoms with Crippen molar-refractivity contribution in [3.63, 3.8) is 0 Å². The van der Waals surface area contributed by atoms with Crippen LogP contribution in [0.25, 0.3) is 0 Å². The summed E-state index contributed by atoms with van der Waals surface area (Å²) < 4.78 is 9.81. The maximum absolute atomic E-state index is 12.1. The molecule has 2 rings (SSSR count). The van der Waals surface area contributed by atoms with Gasteiger partial charge >= 0.3 is 5.97 Å². The van der Waals surface area contributed by atoms with Gasteiger partial charge in [0.2, 0.25) is 5.78 Å². The number of Topliss-reactive ketones (excluding diaryl/α,β-unsaturated/α-hetero) is 1. The van der Waals surface area contributed by atoms with Crippen molar-refractivity contribution in [2.75, 3.05) is 20.3 Å². The molecule has 0 aliphatic carbocycles. The SMILES string of the molecule is COc1ccc(C(=O)NCC(=O)OCC(=O)c2ccc(C)c([N+](=O)[O-])c2)cc1. The van der Waals surface area contributed by atoms with Gasteiger partial charge in [-0.2, -0.15) is 0 Å². The molecule has 0 aliphatic heterocycles. The first-order valence-electron chi connectivity index (χ1n) is 8.18. The van der Waals surface area contributed by atoms with Crippen LogP contribution >= 0.6 is 0 Å². The Morgan fingerprint density at radius 3 is 2.32 bits per heavy atom. The first-order valence-corrected chi connectivity index (χ1v) is 8.18. The molecule has 2 aromatic carbocycles. The van der Waals surface area contributed by atoms with Crippen molar-refractivity contribution in [2.24, 2.45) is 0 Å². The molecule has 1 N–H and O–H groups in total. The zero-order valence-electron chi connectivity index (χ0n) is 15.3. The molecule has 28 heavy (non-hydrogen) atoms. The van der Waals surface area contributed by atoms with E-state index in [0.29, 0.717) is 16.9 Å². The molecule has 0 atom stereocenters. The molecule has 0 bridgehead atoms. The van der Waals surface area contributed by atoms with E-state index in [-0.39, 0.29) is 11.3 Å². The number of esters is 1. The van der Waals surface area contributed by atoms with E-state index < -0.39 is 35.7 Å². The zero-order valence-corrected chi connectivity index (χ0v) is 15.3. The quantitative estimate of drug-likeness (QED) is 0.319. The fourth-order valence-corrected chi connectivity index (χ4v) is 2.26. The summed E-state index contributed by atoms with van der Waals surface area (Å²) in [6.45, 7) is 0.543. The second-order valence-electron chi connectivity index (χ2n) is 5.75. The summed E-state index contributed by atoms with van der Waals surface area (Å²) in [5.41, 5.74) is 0.618. The number of nitro groups is 1. The number of nitro benzene ring substituents is 1. The van der Waals surface area contributed by atoms with Gasteiger partial charge in [-0.1, -0.05) is 12.1 Å². The van der Waals surface area contributed by atoms with E-state index in [0.717, 1.165) is 6.07 Å². The number of ether oxygens (including phenoxy) is 2. The molecule has 0 heterocycles. The van der Waals surface area contributed by atoms with Crippen molar-refractivity contribution >= 4 is 23.3 Å². The van der Waals surface area contributed by atoms with E-state index in [4.69, 9.17) is 9.47 Å². The fraction of sp³-hybridized carbons (Fsp3) is 0.211. The minimum Gasteiger partial charge on any atom is -0.497 e. The van der Waals surface area contributed by atoms with Crippen molar-refractivity contribution in [1.82, 2.24) is 5.32 Å². The molecule has 0 unspecified atom stereocenters. The maximum atomic E-state index is 12.1. The van der Waals surface area contributed by atoms with Crippen molar-refractivity contribution < 1.29 is 28.8 Å². The van der Waals surface area contributed by atoms with Gasteiger partial charge in [0.25, 0.3) is 11.6 Å². The number of nitrogens with zero attached hydrogens (tertiary/aromatic N) is 1. The van der Waals surface area contributed by atoms with Crippen molar-refractivity contribution in [3.8, 4) is 5.75 Å². The average Bonchev–Trinajstić information content (AvgIpc) is 2.70. The lowest BCUT2D eigenvalue weighted by Crippen LogP contribution is -2.31. The van der Waals surface area contributed by atoms with Crippen LogP contribution in [0.3, 0.4) is 0 Å². The minimum atomic E-state index is -0.808. The van der Waals surface area contributed by atoms with E-state index >= 15 is 0 Å². The van der Waals surface area contributed by atoms with E-state index in [2.05, 4.69) is 5.32 Å². The summed E-state index contributed by atoms with van der Waals surface area (Å²) in [5.74, 6) is -1.29. The molecule has 9 nitrogen and oxygen atoms in total. The maximum Gasteiger partial charge on any atom is 0.325 e. The van der Waals surface area contributed by atoms with Crippen LogP contribution in [0.15, 0.2) is 42.5 Å². The standard InChI is InChI=1S/C19H18N2O7/c1-12-3-4-14(9-16(12)21(25)26)17(22)11-28-18(23)10-20-19(24)13-5-7-15(27-2)8-6-13/h3-9H,10-11H2,1-2H3,(H,20,24). The van der Waals surface area contributed by atoms with E-state index in [1.54, 1.807) is 19.1 Å². The molecule has 9 heteroatoms. The summed E-state index contributed by atoms with van der Waals surface area (Å²) in [4.78, 5) is 46.1. The number of nitrogens with one attached hydrogen (secondary N) is 1. The van der Waals surface area contributed by atoms with Gasteiger partial charge in [-0.3, -0.25) is 24.5 Å². The molecule has 0 aliphatic rings. The third kappa shape index (κ3) is 5.37. The highest BCUT2D eigenvalue weighted by molar-refractivity contribution is 5.99. The molecule has 2 aromatic rings. The normalized spacial score (nSPS) is 10.1. The lowest BCUT2D eigenvalue weighted by Gasteiger charge is -2.07. The molecule has 0 aromatic heterocycles. The van der Waals surface area contributed by atoms with E-state index in [9.17, 15) is 24.5 Å². The monoisotopic (exact) mass is 386 g/mol. The molecule has 1 amide bonds. The first-order chi connectivity index (χ1) is 13.3. The van der Waals surface area contributed by atoms with Gasteiger partial charge in [-0.25, -0.2) is 0 Å². The summed E-state index contributed by atoms with van der Waals surface area (Å²) in [6, 6.07) is 10.3. The van der Waals surface area contributed by atoms with Crippen molar-refractivity contribution in [2.45, 2.75) is 6.92 Å². The summed E-state index contributed by atoms with van der Waals surface area (Å²) in [5, 5.41) is 13.3. The van der Waals surface area contributed by atoms with Crippen LogP contribution in [0, 0.1) is 17.0 Å². The Bertz CT molecular complexity index is 907. The number of amides is 1. The lowest BCUT2D eigenvalue weighted by molar-refractivity contribution is -0.385. The van der Waals surface area contributed by atoms with Crippen LogP contribution < -0.4 is 10.1 Å². The highest BCUT2D eigenvalue weighted by atomic mass is 16.6. The molecule has 0 spiro atoms. The number of carbonyl (C=O) groups excluding carboxylic acids is 3. The third-order valence-corrected chi connectivity index (χ3v) is 3.84. The predicted octanol–water partition coefficient (Wildman–Crippen LogP) is 2.07. The smallest absolute Gasteiger partial charge is 0.325 e. The second-order valence-corrected chi connectivity index (χ2v) is 5.75. The number of benzene rings is 2. The average molecular weight is 386 g/mol. The van der Waals surface area contributed by atoms with Gasteiger partial charge < -0.3 is 14.8 Å². The molecule has 0 radical (unpaired) electrons. The number of ketones is 1. The number of hydrogen-bond acceptors (Lipinski definition) is 7. The Balaban J connectivity index is 1.84. The first kappa shape index (κ1) is 20.6. The van der Waals surface area contributed by atoms with Gasteiger partial charge in [0.05, 0.1) is 12.0 Å². The highest BCUT2D eigenvalue weighted by Crippen LogP contribution is 2.19. The molecular formula is C19H18N2O7. The van der Waals surface area contributed by atoms with E-state index in [1.807, 2.05) is 0 Å². The van der Waals surface area contributed by atoms with Gasteiger partial charge in [0, 0.05) is 22.8 Å². The Kier molecular flexibility index (Phi) is 6.80. The fourth-order valence-electron chi connectivity index (χ4n) is 2.26. The third-order valence-electron chi connectivity index (χ3n) is 3.84. The van der Waals surface area contributed by atoms with Crippen molar-refractivity contribution in [1.29, 1.82) is 0 Å². The summed E-state index contributed by atoms with van der Waals surface area (Å²) in [7, 11) is 1.50. The van der Waals surface area contributed by atoms with Gasteiger partial charge in [-0.05, 0) is 31.2 Å². The highest BCUT2D eigenvalue weighted by Gasteiger charge is 2.16. The van der Waals surface area contributed by atoms with E-state index in [1.165, 1.54) is 31.4 Å². The Morgan fingerprint density at radius 2 is 1.71 bits per heavy atom. The van der Waals surface area contributed by atoms with Crippen LogP contribution in [0.4, 0.5) is 5.69 Å². The summed E-state index contributed by atoms with van der Waals surface area (Å²) >= 11 is 0. The van der Waals surface area contributed by atoms with Gasteiger partial charge in [0.15, 0.2) is 6.61 Å². The Morgan fingerprint density at radius 1 is 1.07 bits per heavy atom.